The van der Waals surface area contributed by atoms with E-state index in [4.69, 9.17) is 9.47 Å². The molecule has 0 aliphatic carbocycles. The van der Waals surface area contributed by atoms with Crippen molar-refractivity contribution in [2.75, 3.05) is 14.2 Å². The standard InChI is InChI=1S/C25H21F3N2O2/c1-31-21-13-19(14-22(15-21)32-2)23(12-17-6-4-3-5-7-17)30-24(16-29)18-8-10-20(11-9-18)25(26,27)28/h3-11,13-15,23H,12H2,1-2H3/b30-24+/t23-/m1/s1. The van der Waals surface area contributed by atoms with Gasteiger partial charge in [-0.15, -0.1) is 0 Å². The molecule has 0 radical (unpaired) electrons. The summed E-state index contributed by atoms with van der Waals surface area (Å²) >= 11 is 0. The number of alkyl halides is 3. The molecule has 164 valence electrons. The first kappa shape index (κ1) is 22.9. The van der Waals surface area contributed by atoms with Gasteiger partial charge in [0.25, 0.3) is 0 Å². The second-order valence-corrected chi connectivity index (χ2v) is 7.02. The number of aliphatic imine (C=N–C) groups is 1. The lowest BCUT2D eigenvalue weighted by molar-refractivity contribution is -0.137. The summed E-state index contributed by atoms with van der Waals surface area (Å²) in [7, 11) is 3.08. The number of hydrogen-bond acceptors (Lipinski definition) is 4. The van der Waals surface area contributed by atoms with Gasteiger partial charge in [-0.2, -0.15) is 18.4 Å². The van der Waals surface area contributed by atoms with Crippen LogP contribution in [0.4, 0.5) is 13.2 Å². The highest BCUT2D eigenvalue weighted by Crippen LogP contribution is 2.32. The summed E-state index contributed by atoms with van der Waals surface area (Å²) in [5, 5.41) is 9.72. The molecular weight excluding hydrogens is 417 g/mol. The van der Waals surface area contributed by atoms with Crippen molar-refractivity contribution in [3.8, 4) is 17.6 Å². The number of methoxy groups -OCH3 is 2. The quantitative estimate of drug-likeness (QED) is 0.424. The normalized spacial score (nSPS) is 12.7. The van der Waals surface area contributed by atoms with Gasteiger partial charge in [-0.05, 0) is 41.8 Å². The van der Waals surface area contributed by atoms with Crippen molar-refractivity contribution in [3.05, 3.63) is 95.1 Å². The monoisotopic (exact) mass is 438 g/mol. The average Bonchev–Trinajstić information content (AvgIpc) is 2.81. The number of rotatable bonds is 7. The fourth-order valence-corrected chi connectivity index (χ4v) is 3.24. The van der Waals surface area contributed by atoms with E-state index < -0.39 is 17.8 Å². The number of nitriles is 1. The SMILES string of the molecule is COc1cc(OC)cc([C@@H](Cc2ccccc2)/N=C(\C#N)c2ccc(C(F)(F)F)cc2)c1. The van der Waals surface area contributed by atoms with Gasteiger partial charge in [-0.25, -0.2) is 0 Å². The minimum atomic E-state index is -4.45. The predicted octanol–water partition coefficient (Wildman–Crippen LogP) is 6.02. The first-order chi connectivity index (χ1) is 15.3. The molecule has 3 rings (SSSR count). The van der Waals surface area contributed by atoms with E-state index in [1.54, 1.807) is 18.2 Å². The van der Waals surface area contributed by atoms with E-state index in [2.05, 4.69) is 4.99 Å². The number of benzene rings is 3. The lowest BCUT2D eigenvalue weighted by Crippen LogP contribution is -2.08. The Kier molecular flexibility index (Phi) is 7.16. The van der Waals surface area contributed by atoms with Gasteiger partial charge in [0.05, 0.1) is 25.8 Å². The van der Waals surface area contributed by atoms with Crippen molar-refractivity contribution in [2.24, 2.45) is 4.99 Å². The van der Waals surface area contributed by atoms with Crippen LogP contribution < -0.4 is 9.47 Å². The van der Waals surface area contributed by atoms with Crippen molar-refractivity contribution < 1.29 is 22.6 Å². The van der Waals surface area contributed by atoms with E-state index in [1.165, 1.54) is 26.4 Å². The Morgan fingerprint density at radius 2 is 1.53 bits per heavy atom. The summed E-state index contributed by atoms with van der Waals surface area (Å²) in [6.45, 7) is 0. The minimum Gasteiger partial charge on any atom is -0.497 e. The van der Waals surface area contributed by atoms with Crippen molar-refractivity contribution in [1.82, 2.24) is 0 Å². The maximum atomic E-state index is 12.9. The highest BCUT2D eigenvalue weighted by Gasteiger charge is 2.30. The van der Waals surface area contributed by atoms with Crippen molar-refractivity contribution in [1.29, 1.82) is 5.26 Å². The van der Waals surface area contributed by atoms with Gasteiger partial charge in [0.2, 0.25) is 0 Å². The van der Waals surface area contributed by atoms with Gasteiger partial charge >= 0.3 is 6.18 Å². The van der Waals surface area contributed by atoms with Crippen LogP contribution in [-0.4, -0.2) is 19.9 Å². The molecule has 3 aromatic rings. The molecule has 0 aliphatic rings. The van der Waals surface area contributed by atoms with E-state index in [1.807, 2.05) is 36.4 Å². The van der Waals surface area contributed by atoms with Crippen LogP contribution in [0, 0.1) is 11.3 Å². The Hall–Kier alpha value is -3.79. The Balaban J connectivity index is 2.06. The minimum absolute atomic E-state index is 0.0430. The highest BCUT2D eigenvalue weighted by atomic mass is 19.4. The fraction of sp³-hybridized carbons (Fsp3) is 0.200. The molecule has 0 saturated heterocycles. The molecule has 7 heteroatoms. The van der Waals surface area contributed by atoms with Crippen LogP contribution in [0.15, 0.2) is 77.8 Å². The molecule has 1 atom stereocenters. The van der Waals surface area contributed by atoms with Crippen molar-refractivity contribution in [3.63, 3.8) is 0 Å². The van der Waals surface area contributed by atoms with Crippen LogP contribution in [0.5, 0.6) is 11.5 Å². The van der Waals surface area contributed by atoms with Gasteiger partial charge in [-0.3, -0.25) is 4.99 Å². The Morgan fingerprint density at radius 1 is 0.938 bits per heavy atom. The first-order valence-electron chi connectivity index (χ1n) is 9.76. The lowest BCUT2D eigenvalue weighted by Gasteiger charge is -2.17. The van der Waals surface area contributed by atoms with Crippen LogP contribution in [0.1, 0.15) is 28.3 Å². The van der Waals surface area contributed by atoms with Gasteiger partial charge in [0.15, 0.2) is 0 Å². The summed E-state index contributed by atoms with van der Waals surface area (Å²) in [6, 6.07) is 20.9. The van der Waals surface area contributed by atoms with Crippen molar-refractivity contribution in [2.45, 2.75) is 18.6 Å². The van der Waals surface area contributed by atoms with Crippen LogP contribution in [0.2, 0.25) is 0 Å². The second-order valence-electron chi connectivity index (χ2n) is 7.02. The van der Waals surface area contributed by atoms with Crippen LogP contribution >= 0.6 is 0 Å². The molecule has 32 heavy (non-hydrogen) atoms. The topological polar surface area (TPSA) is 54.6 Å². The first-order valence-corrected chi connectivity index (χ1v) is 9.76. The number of hydrogen-bond donors (Lipinski definition) is 0. The zero-order chi connectivity index (χ0) is 23.1. The summed E-state index contributed by atoms with van der Waals surface area (Å²) in [4.78, 5) is 4.64. The molecule has 0 unspecified atom stereocenters. The van der Waals surface area contributed by atoms with Gasteiger partial charge in [0, 0.05) is 11.6 Å². The third-order valence-corrected chi connectivity index (χ3v) is 4.91. The predicted molar refractivity (Wildman–Crippen MR) is 116 cm³/mol. The second kappa shape index (κ2) is 10.0. The smallest absolute Gasteiger partial charge is 0.416 e. The van der Waals surface area contributed by atoms with Crippen molar-refractivity contribution >= 4 is 5.71 Å². The van der Waals surface area contributed by atoms with Crippen LogP contribution in [-0.2, 0) is 12.6 Å². The van der Waals surface area contributed by atoms with Gasteiger partial charge in [0.1, 0.15) is 23.3 Å². The zero-order valence-electron chi connectivity index (χ0n) is 17.6. The molecule has 0 saturated carbocycles. The van der Waals surface area contributed by atoms with E-state index >= 15 is 0 Å². The summed E-state index contributed by atoms with van der Waals surface area (Å²) in [5.41, 5.74) is 1.32. The van der Waals surface area contributed by atoms with E-state index in [9.17, 15) is 18.4 Å². The zero-order valence-corrected chi connectivity index (χ0v) is 17.6. The molecule has 0 bridgehead atoms. The fourth-order valence-electron chi connectivity index (χ4n) is 3.24. The van der Waals surface area contributed by atoms with E-state index in [0.29, 0.717) is 23.5 Å². The Bertz CT molecular complexity index is 1100. The highest BCUT2D eigenvalue weighted by molar-refractivity contribution is 6.11. The average molecular weight is 438 g/mol. The maximum Gasteiger partial charge on any atom is 0.416 e. The van der Waals surface area contributed by atoms with Crippen LogP contribution in [0.25, 0.3) is 0 Å². The largest absolute Gasteiger partial charge is 0.497 e. The third-order valence-electron chi connectivity index (χ3n) is 4.91. The molecular formula is C25H21F3N2O2. The third kappa shape index (κ3) is 5.67. The van der Waals surface area contributed by atoms with E-state index in [0.717, 1.165) is 23.3 Å². The number of nitrogens with zero attached hydrogens (tertiary/aromatic N) is 2. The Labute approximate surface area is 184 Å². The summed E-state index contributed by atoms with van der Waals surface area (Å²) in [5.74, 6) is 1.14. The molecule has 0 N–H and O–H groups in total. The molecule has 3 aromatic carbocycles. The van der Waals surface area contributed by atoms with Gasteiger partial charge < -0.3 is 9.47 Å². The Morgan fingerprint density at radius 3 is 2.03 bits per heavy atom. The van der Waals surface area contributed by atoms with Crippen LogP contribution in [0.3, 0.4) is 0 Å². The number of ether oxygens (including phenoxy) is 2. The number of halogens is 3. The van der Waals surface area contributed by atoms with Gasteiger partial charge in [-0.1, -0.05) is 42.5 Å². The molecule has 0 amide bonds. The van der Waals surface area contributed by atoms with E-state index in [-0.39, 0.29) is 5.71 Å². The lowest BCUT2D eigenvalue weighted by atomic mass is 9.98. The molecule has 0 aromatic heterocycles. The molecule has 0 heterocycles. The molecule has 4 nitrogen and oxygen atoms in total. The molecule has 0 fully saturated rings. The summed E-state index contributed by atoms with van der Waals surface area (Å²) < 4.78 is 49.4. The molecule has 0 spiro atoms. The maximum absolute atomic E-state index is 12.9. The summed E-state index contributed by atoms with van der Waals surface area (Å²) in [6.07, 6.45) is -3.97. The molecule has 0 aliphatic heterocycles.